The average molecular weight is 372 g/mol. The Hall–Kier alpha value is -1.03. The van der Waals surface area contributed by atoms with E-state index in [9.17, 15) is 8.42 Å². The largest absolute Gasteiger partial charge is 0.370 e. The third kappa shape index (κ3) is 4.21. The van der Waals surface area contributed by atoms with Crippen LogP contribution < -0.4 is 0 Å². The van der Waals surface area contributed by atoms with E-state index in [1.54, 1.807) is 12.1 Å². The highest BCUT2D eigenvalue weighted by atomic mass is 32.2. The van der Waals surface area contributed by atoms with Crippen molar-refractivity contribution < 1.29 is 31.5 Å². The Morgan fingerprint density at radius 2 is 1.72 bits per heavy atom. The second kappa shape index (κ2) is 7.69. The lowest BCUT2D eigenvalue weighted by molar-refractivity contribution is -0.175. The van der Waals surface area contributed by atoms with E-state index in [2.05, 4.69) is 0 Å². The van der Waals surface area contributed by atoms with Gasteiger partial charge in [0.15, 0.2) is 6.29 Å². The standard InChI is InChI=1S/C17H24O7S/c1-4-20-12(3)23-14-9-21-17-15(10-22-16(14)17)24-25(18,19)13-7-5-11(2)6-8-13/h5-8,12,14-17H,4,9-10H2,1-3H3/t12?,14-,15-,16-,17-/m1/s1. The third-order valence-electron chi connectivity index (χ3n) is 4.29. The highest BCUT2D eigenvalue weighted by Gasteiger charge is 2.50. The van der Waals surface area contributed by atoms with Crippen molar-refractivity contribution in [2.45, 2.75) is 56.4 Å². The van der Waals surface area contributed by atoms with Gasteiger partial charge in [-0.05, 0) is 32.9 Å². The Kier molecular flexibility index (Phi) is 5.77. The maximum Gasteiger partial charge on any atom is 0.297 e. The monoisotopic (exact) mass is 372 g/mol. The van der Waals surface area contributed by atoms with Crippen LogP contribution in [-0.4, -0.2) is 58.9 Å². The lowest BCUT2D eigenvalue weighted by atomic mass is 10.1. The summed E-state index contributed by atoms with van der Waals surface area (Å²) in [5, 5.41) is 0. The Balaban J connectivity index is 1.63. The molecule has 25 heavy (non-hydrogen) atoms. The van der Waals surface area contributed by atoms with Gasteiger partial charge in [-0.3, -0.25) is 4.18 Å². The molecular weight excluding hydrogens is 348 g/mol. The molecule has 0 amide bonds. The van der Waals surface area contributed by atoms with Gasteiger partial charge in [0.1, 0.15) is 24.4 Å². The highest BCUT2D eigenvalue weighted by Crippen LogP contribution is 2.32. The van der Waals surface area contributed by atoms with Crippen LogP contribution >= 0.6 is 0 Å². The molecule has 1 unspecified atom stereocenters. The second-order valence-corrected chi connectivity index (χ2v) is 7.77. The van der Waals surface area contributed by atoms with Crippen LogP contribution in [-0.2, 0) is 33.2 Å². The smallest absolute Gasteiger partial charge is 0.297 e. The summed E-state index contributed by atoms with van der Waals surface area (Å²) in [7, 11) is -3.87. The molecule has 2 aliphatic heterocycles. The first-order chi connectivity index (χ1) is 11.9. The van der Waals surface area contributed by atoms with Gasteiger partial charge in [-0.2, -0.15) is 8.42 Å². The van der Waals surface area contributed by atoms with Crippen molar-refractivity contribution >= 4 is 10.1 Å². The molecule has 1 aromatic rings. The van der Waals surface area contributed by atoms with E-state index in [-0.39, 0.29) is 30.0 Å². The first kappa shape index (κ1) is 18.8. The molecule has 0 bridgehead atoms. The maximum absolute atomic E-state index is 12.4. The molecule has 0 saturated carbocycles. The van der Waals surface area contributed by atoms with E-state index in [1.807, 2.05) is 20.8 Å². The van der Waals surface area contributed by atoms with Crippen molar-refractivity contribution in [3.8, 4) is 0 Å². The van der Waals surface area contributed by atoms with Gasteiger partial charge < -0.3 is 18.9 Å². The van der Waals surface area contributed by atoms with Gasteiger partial charge in [0.2, 0.25) is 0 Å². The minimum absolute atomic E-state index is 0.123. The van der Waals surface area contributed by atoms with Crippen molar-refractivity contribution in [1.29, 1.82) is 0 Å². The number of ether oxygens (including phenoxy) is 4. The fourth-order valence-electron chi connectivity index (χ4n) is 3.07. The van der Waals surface area contributed by atoms with Crippen LogP contribution in [0.2, 0.25) is 0 Å². The molecule has 3 rings (SSSR count). The molecule has 0 radical (unpaired) electrons. The Labute approximate surface area is 148 Å². The molecule has 2 fully saturated rings. The van der Waals surface area contributed by atoms with Gasteiger partial charge in [0.05, 0.1) is 18.1 Å². The van der Waals surface area contributed by atoms with Crippen molar-refractivity contribution in [2.75, 3.05) is 19.8 Å². The summed E-state index contributed by atoms with van der Waals surface area (Å²) in [6.07, 6.45) is -2.20. The number of hydrogen-bond acceptors (Lipinski definition) is 7. The first-order valence-electron chi connectivity index (χ1n) is 8.41. The summed E-state index contributed by atoms with van der Waals surface area (Å²) in [5.74, 6) is 0. The van der Waals surface area contributed by atoms with E-state index in [4.69, 9.17) is 23.1 Å². The normalized spacial score (nSPS) is 30.4. The molecule has 2 aliphatic rings. The van der Waals surface area contributed by atoms with Gasteiger partial charge in [-0.1, -0.05) is 17.7 Å². The average Bonchev–Trinajstić information content (AvgIpc) is 3.12. The number of rotatable bonds is 7. The predicted molar refractivity (Wildman–Crippen MR) is 88.7 cm³/mol. The summed E-state index contributed by atoms with van der Waals surface area (Å²) in [5.41, 5.74) is 0.978. The molecular formula is C17H24O7S. The Morgan fingerprint density at radius 3 is 2.36 bits per heavy atom. The summed E-state index contributed by atoms with van der Waals surface area (Å²) in [6, 6.07) is 6.52. The molecule has 1 aromatic carbocycles. The summed E-state index contributed by atoms with van der Waals surface area (Å²) < 4.78 is 52.8. The first-order valence-corrected chi connectivity index (χ1v) is 9.81. The van der Waals surface area contributed by atoms with Crippen molar-refractivity contribution in [2.24, 2.45) is 0 Å². The van der Waals surface area contributed by atoms with E-state index in [0.717, 1.165) is 5.56 Å². The number of fused-ring (bicyclic) bond motifs is 1. The van der Waals surface area contributed by atoms with Crippen LogP contribution in [0.25, 0.3) is 0 Å². The van der Waals surface area contributed by atoms with Gasteiger partial charge in [0, 0.05) is 6.61 Å². The van der Waals surface area contributed by atoms with Crippen LogP contribution in [0.4, 0.5) is 0 Å². The summed E-state index contributed by atoms with van der Waals surface area (Å²) in [6.45, 7) is 6.59. The minimum atomic E-state index is -3.87. The second-order valence-electron chi connectivity index (χ2n) is 6.20. The number of aryl methyl sites for hydroxylation is 1. The molecule has 5 atom stereocenters. The highest BCUT2D eigenvalue weighted by molar-refractivity contribution is 7.86. The molecule has 0 aliphatic carbocycles. The van der Waals surface area contributed by atoms with Crippen LogP contribution in [0.1, 0.15) is 19.4 Å². The summed E-state index contributed by atoms with van der Waals surface area (Å²) in [4.78, 5) is 0.123. The number of hydrogen-bond donors (Lipinski definition) is 0. The zero-order valence-corrected chi connectivity index (χ0v) is 15.4. The van der Waals surface area contributed by atoms with E-state index < -0.39 is 22.3 Å². The van der Waals surface area contributed by atoms with E-state index >= 15 is 0 Å². The van der Waals surface area contributed by atoms with Crippen LogP contribution in [0.15, 0.2) is 29.2 Å². The van der Waals surface area contributed by atoms with Gasteiger partial charge in [0.25, 0.3) is 10.1 Å². The Morgan fingerprint density at radius 1 is 1.12 bits per heavy atom. The molecule has 0 N–H and O–H groups in total. The van der Waals surface area contributed by atoms with Crippen LogP contribution in [0, 0.1) is 6.92 Å². The van der Waals surface area contributed by atoms with E-state index in [1.165, 1.54) is 12.1 Å². The van der Waals surface area contributed by atoms with Gasteiger partial charge >= 0.3 is 0 Å². The van der Waals surface area contributed by atoms with Crippen molar-refractivity contribution in [1.82, 2.24) is 0 Å². The molecule has 140 valence electrons. The molecule has 0 spiro atoms. The van der Waals surface area contributed by atoms with Crippen LogP contribution in [0.5, 0.6) is 0 Å². The molecule has 8 heteroatoms. The summed E-state index contributed by atoms with van der Waals surface area (Å²) >= 11 is 0. The quantitative estimate of drug-likeness (QED) is 0.532. The zero-order chi connectivity index (χ0) is 18.0. The van der Waals surface area contributed by atoms with Crippen LogP contribution in [0.3, 0.4) is 0 Å². The van der Waals surface area contributed by atoms with Gasteiger partial charge in [-0.15, -0.1) is 0 Å². The predicted octanol–water partition coefficient (Wildman–Crippen LogP) is 1.63. The lowest BCUT2D eigenvalue weighted by Gasteiger charge is -2.21. The fourth-order valence-corrected chi connectivity index (χ4v) is 4.14. The molecule has 0 aromatic heterocycles. The van der Waals surface area contributed by atoms with Gasteiger partial charge in [-0.25, -0.2) is 0 Å². The molecule has 7 nitrogen and oxygen atoms in total. The molecule has 2 heterocycles. The zero-order valence-electron chi connectivity index (χ0n) is 14.6. The Bertz CT molecular complexity index is 673. The number of benzene rings is 1. The lowest BCUT2D eigenvalue weighted by Crippen LogP contribution is -2.36. The van der Waals surface area contributed by atoms with Crippen molar-refractivity contribution in [3.63, 3.8) is 0 Å². The fraction of sp³-hybridized carbons (Fsp3) is 0.647. The molecule has 2 saturated heterocycles. The van der Waals surface area contributed by atoms with E-state index in [0.29, 0.717) is 13.2 Å². The SMILES string of the molecule is CCOC(C)O[C@@H]1CO[C@H]2[C@@H]1OC[C@H]2OS(=O)(=O)c1ccc(C)cc1. The minimum Gasteiger partial charge on any atom is -0.370 e. The topological polar surface area (TPSA) is 80.3 Å². The third-order valence-corrected chi connectivity index (χ3v) is 5.64. The maximum atomic E-state index is 12.4. The van der Waals surface area contributed by atoms with Crippen molar-refractivity contribution in [3.05, 3.63) is 29.8 Å².